The molecule has 6 nitrogen and oxygen atoms in total. The van der Waals surface area contributed by atoms with E-state index in [4.69, 9.17) is 4.74 Å². The van der Waals surface area contributed by atoms with Gasteiger partial charge in [0, 0.05) is 5.56 Å². The van der Waals surface area contributed by atoms with Gasteiger partial charge in [-0.05, 0) is 17.4 Å². The number of hydrogen-bond acceptors (Lipinski definition) is 5. The molecule has 0 amide bonds. The third-order valence-corrected chi connectivity index (χ3v) is 2.40. The summed E-state index contributed by atoms with van der Waals surface area (Å²) in [4.78, 5) is 11.3. The Balaban J connectivity index is 2.07. The molecule has 0 fully saturated rings. The molecular weight excluding hydrogens is 232 g/mol. The van der Waals surface area contributed by atoms with Crippen molar-refractivity contribution in [1.29, 1.82) is 0 Å². The number of rotatable bonds is 5. The van der Waals surface area contributed by atoms with Crippen LogP contribution in [0.1, 0.15) is 13.3 Å². The van der Waals surface area contributed by atoms with Gasteiger partial charge in [-0.1, -0.05) is 30.3 Å². The van der Waals surface area contributed by atoms with E-state index in [0.29, 0.717) is 19.0 Å². The molecule has 0 unspecified atom stereocenters. The fraction of sp³-hybridized carbons (Fsp3) is 0.333. The minimum Gasteiger partial charge on any atom is -0.466 e. The Hall–Kier alpha value is -2.24. The van der Waals surface area contributed by atoms with Crippen molar-refractivity contribution >= 4 is 5.97 Å². The third-order valence-electron chi connectivity index (χ3n) is 2.40. The zero-order valence-corrected chi connectivity index (χ0v) is 10.1. The number of aromatic nitrogens is 4. The molecular formula is C12H14N4O2. The number of esters is 1. The van der Waals surface area contributed by atoms with Crippen molar-refractivity contribution in [3.63, 3.8) is 0 Å². The monoisotopic (exact) mass is 246 g/mol. The summed E-state index contributed by atoms with van der Waals surface area (Å²) in [7, 11) is 0. The van der Waals surface area contributed by atoms with Crippen LogP contribution in [0.2, 0.25) is 0 Å². The molecule has 0 saturated carbocycles. The van der Waals surface area contributed by atoms with Crippen LogP contribution in [0.5, 0.6) is 0 Å². The van der Waals surface area contributed by atoms with E-state index >= 15 is 0 Å². The van der Waals surface area contributed by atoms with E-state index in [2.05, 4.69) is 15.5 Å². The van der Waals surface area contributed by atoms with Gasteiger partial charge in [-0.2, -0.15) is 0 Å². The molecule has 18 heavy (non-hydrogen) atoms. The molecule has 94 valence electrons. The highest BCUT2D eigenvalue weighted by Gasteiger charge is 2.10. The van der Waals surface area contributed by atoms with Crippen molar-refractivity contribution in [2.24, 2.45) is 0 Å². The van der Waals surface area contributed by atoms with Crippen LogP contribution in [-0.4, -0.2) is 32.8 Å². The Bertz CT molecular complexity index is 510. The maximum Gasteiger partial charge on any atom is 0.307 e. The first-order chi connectivity index (χ1) is 8.81. The molecule has 0 aliphatic rings. The molecule has 0 spiro atoms. The highest BCUT2D eigenvalue weighted by atomic mass is 16.5. The summed E-state index contributed by atoms with van der Waals surface area (Å²) in [5.41, 5.74) is 0.923. The van der Waals surface area contributed by atoms with Crippen LogP contribution in [0.4, 0.5) is 0 Å². The minimum atomic E-state index is -0.244. The Labute approximate surface area is 105 Å². The molecule has 1 heterocycles. The molecule has 0 N–H and O–H groups in total. The van der Waals surface area contributed by atoms with Gasteiger partial charge in [0.05, 0.1) is 19.6 Å². The molecule has 0 atom stereocenters. The highest BCUT2D eigenvalue weighted by Crippen LogP contribution is 2.14. The lowest BCUT2D eigenvalue weighted by atomic mass is 10.2. The number of carbonyl (C=O) groups is 1. The SMILES string of the molecule is CCOC(=O)CCn1nnnc1-c1ccccc1. The number of ether oxygens (including phenoxy) is 1. The van der Waals surface area contributed by atoms with Gasteiger partial charge in [-0.15, -0.1) is 5.10 Å². The molecule has 2 aromatic rings. The van der Waals surface area contributed by atoms with Gasteiger partial charge in [0.1, 0.15) is 0 Å². The molecule has 2 rings (SSSR count). The van der Waals surface area contributed by atoms with E-state index in [1.54, 1.807) is 11.6 Å². The fourth-order valence-corrected chi connectivity index (χ4v) is 1.58. The first-order valence-electron chi connectivity index (χ1n) is 5.78. The predicted molar refractivity (Wildman–Crippen MR) is 64.5 cm³/mol. The topological polar surface area (TPSA) is 69.9 Å². The highest BCUT2D eigenvalue weighted by molar-refractivity contribution is 5.69. The summed E-state index contributed by atoms with van der Waals surface area (Å²) in [5.74, 6) is 0.409. The average Bonchev–Trinajstić information content (AvgIpc) is 2.86. The summed E-state index contributed by atoms with van der Waals surface area (Å²) in [6.07, 6.45) is 0.263. The number of benzene rings is 1. The van der Waals surface area contributed by atoms with Gasteiger partial charge in [-0.3, -0.25) is 4.79 Å². The molecule has 1 aromatic carbocycles. The van der Waals surface area contributed by atoms with Crippen LogP contribution in [0.15, 0.2) is 30.3 Å². The predicted octanol–water partition coefficient (Wildman–Crippen LogP) is 1.29. The zero-order chi connectivity index (χ0) is 12.8. The van der Waals surface area contributed by atoms with Gasteiger partial charge >= 0.3 is 5.97 Å². The first-order valence-corrected chi connectivity index (χ1v) is 5.78. The normalized spacial score (nSPS) is 10.3. The Morgan fingerprint density at radius 3 is 2.83 bits per heavy atom. The van der Waals surface area contributed by atoms with E-state index in [1.165, 1.54) is 0 Å². The quantitative estimate of drug-likeness (QED) is 0.743. The van der Waals surface area contributed by atoms with E-state index in [1.807, 2.05) is 30.3 Å². The van der Waals surface area contributed by atoms with E-state index in [9.17, 15) is 4.79 Å². The second-order valence-corrected chi connectivity index (χ2v) is 3.65. The van der Waals surface area contributed by atoms with Crippen LogP contribution in [0.3, 0.4) is 0 Å². The van der Waals surface area contributed by atoms with E-state index in [0.717, 1.165) is 5.56 Å². The molecule has 6 heteroatoms. The summed E-state index contributed by atoms with van der Waals surface area (Å²) in [6, 6.07) is 9.61. The van der Waals surface area contributed by atoms with Crippen molar-refractivity contribution in [2.75, 3.05) is 6.61 Å². The second kappa shape index (κ2) is 5.90. The Kier molecular flexibility index (Phi) is 4.01. The van der Waals surface area contributed by atoms with Crippen LogP contribution in [0, 0.1) is 0 Å². The largest absolute Gasteiger partial charge is 0.466 e. The molecule has 0 radical (unpaired) electrons. The lowest BCUT2D eigenvalue weighted by Gasteiger charge is -2.04. The molecule has 1 aromatic heterocycles. The summed E-state index contributed by atoms with van der Waals surface area (Å²) in [6.45, 7) is 2.58. The fourth-order valence-electron chi connectivity index (χ4n) is 1.58. The van der Waals surface area contributed by atoms with Crippen LogP contribution >= 0.6 is 0 Å². The number of carbonyl (C=O) groups excluding carboxylic acids is 1. The summed E-state index contributed by atoms with van der Waals surface area (Å²) >= 11 is 0. The number of aryl methyl sites for hydroxylation is 1. The number of tetrazole rings is 1. The lowest BCUT2D eigenvalue weighted by molar-refractivity contribution is -0.143. The van der Waals surface area contributed by atoms with Gasteiger partial charge in [0.2, 0.25) is 0 Å². The second-order valence-electron chi connectivity index (χ2n) is 3.65. The van der Waals surface area contributed by atoms with Crippen molar-refractivity contribution in [3.8, 4) is 11.4 Å². The van der Waals surface area contributed by atoms with Crippen molar-refractivity contribution in [1.82, 2.24) is 20.2 Å². The first kappa shape index (κ1) is 12.2. The lowest BCUT2D eigenvalue weighted by Crippen LogP contribution is -2.11. The average molecular weight is 246 g/mol. The smallest absolute Gasteiger partial charge is 0.307 e. The minimum absolute atomic E-state index is 0.244. The summed E-state index contributed by atoms with van der Waals surface area (Å²) in [5, 5.41) is 11.5. The Morgan fingerprint density at radius 2 is 2.11 bits per heavy atom. The van der Waals surface area contributed by atoms with E-state index in [-0.39, 0.29) is 12.4 Å². The van der Waals surface area contributed by atoms with Gasteiger partial charge < -0.3 is 4.74 Å². The van der Waals surface area contributed by atoms with Crippen LogP contribution < -0.4 is 0 Å². The van der Waals surface area contributed by atoms with Crippen molar-refractivity contribution in [3.05, 3.63) is 30.3 Å². The molecule has 0 aliphatic carbocycles. The Morgan fingerprint density at radius 1 is 1.33 bits per heavy atom. The summed E-state index contributed by atoms with van der Waals surface area (Å²) < 4.78 is 6.47. The zero-order valence-electron chi connectivity index (χ0n) is 10.1. The van der Waals surface area contributed by atoms with Gasteiger partial charge in [-0.25, -0.2) is 4.68 Å². The van der Waals surface area contributed by atoms with Gasteiger partial charge in [0.15, 0.2) is 5.82 Å². The van der Waals surface area contributed by atoms with Crippen molar-refractivity contribution < 1.29 is 9.53 Å². The maximum absolute atomic E-state index is 11.3. The number of nitrogens with zero attached hydrogens (tertiary/aromatic N) is 4. The van der Waals surface area contributed by atoms with Gasteiger partial charge in [0.25, 0.3) is 0 Å². The van der Waals surface area contributed by atoms with Crippen LogP contribution in [0.25, 0.3) is 11.4 Å². The molecule has 0 bridgehead atoms. The van der Waals surface area contributed by atoms with Crippen molar-refractivity contribution in [2.45, 2.75) is 19.9 Å². The standard InChI is InChI=1S/C12H14N4O2/c1-2-18-11(17)8-9-16-12(13-14-15-16)10-6-4-3-5-7-10/h3-7H,2,8-9H2,1H3. The third kappa shape index (κ3) is 2.91. The molecule has 0 aliphatic heterocycles. The van der Waals surface area contributed by atoms with E-state index < -0.39 is 0 Å². The van der Waals surface area contributed by atoms with Crippen LogP contribution in [-0.2, 0) is 16.1 Å². The maximum atomic E-state index is 11.3. The number of hydrogen-bond donors (Lipinski definition) is 0. The molecule has 0 saturated heterocycles.